The zero-order chi connectivity index (χ0) is 16.7. The molecule has 0 aromatic heterocycles. The van der Waals surface area contributed by atoms with Gasteiger partial charge in [-0.05, 0) is 43.5 Å². The minimum absolute atomic E-state index is 0.187. The number of rotatable bonds is 5. The number of hydrogen-bond donors (Lipinski definition) is 1. The smallest absolute Gasteiger partial charge is 0.331 e. The topological polar surface area (TPSA) is 55.4 Å². The maximum absolute atomic E-state index is 12.8. The van der Waals surface area contributed by atoms with Gasteiger partial charge in [-0.2, -0.15) is 0 Å². The van der Waals surface area contributed by atoms with Gasteiger partial charge in [0.05, 0.1) is 0 Å². The Balaban J connectivity index is 1.79. The van der Waals surface area contributed by atoms with Gasteiger partial charge in [0.25, 0.3) is 5.91 Å². The van der Waals surface area contributed by atoms with E-state index < -0.39 is 12.1 Å². The van der Waals surface area contributed by atoms with Gasteiger partial charge in [-0.15, -0.1) is 0 Å². The first kappa shape index (κ1) is 17.2. The normalized spacial score (nSPS) is 17.0. The number of halogens is 1. The first-order valence-corrected chi connectivity index (χ1v) is 7.99. The molecule has 2 rings (SSSR count). The molecule has 4 nitrogen and oxygen atoms in total. The predicted molar refractivity (Wildman–Crippen MR) is 86.0 cm³/mol. The second kappa shape index (κ2) is 8.46. The van der Waals surface area contributed by atoms with E-state index in [1.165, 1.54) is 30.7 Å². The van der Waals surface area contributed by atoms with Crippen molar-refractivity contribution in [1.29, 1.82) is 0 Å². The van der Waals surface area contributed by atoms with E-state index in [-0.39, 0.29) is 17.8 Å². The number of ether oxygens (including phenoxy) is 1. The van der Waals surface area contributed by atoms with Gasteiger partial charge in [0.2, 0.25) is 0 Å². The van der Waals surface area contributed by atoms with Gasteiger partial charge >= 0.3 is 5.97 Å². The molecule has 1 aliphatic rings. The van der Waals surface area contributed by atoms with Crippen LogP contribution >= 0.6 is 0 Å². The number of carbonyl (C=O) groups excluding carboxylic acids is 2. The molecule has 0 saturated heterocycles. The molecule has 0 heterocycles. The standard InChI is InChI=1S/C18H22FNO3/c1-13(18(22)20-16-5-3-2-4-6-16)23-17(21)12-9-14-7-10-15(19)11-8-14/h7-13,16H,2-6H2,1H3,(H,20,22)/b12-9+. The minimum atomic E-state index is -0.831. The second-order valence-corrected chi connectivity index (χ2v) is 5.81. The van der Waals surface area contributed by atoms with E-state index in [2.05, 4.69) is 5.32 Å². The quantitative estimate of drug-likeness (QED) is 0.670. The molecule has 1 aliphatic carbocycles. The summed E-state index contributed by atoms with van der Waals surface area (Å²) in [6, 6.07) is 5.92. The van der Waals surface area contributed by atoms with E-state index in [1.54, 1.807) is 19.1 Å². The van der Waals surface area contributed by atoms with Crippen molar-refractivity contribution in [2.75, 3.05) is 0 Å². The summed E-state index contributed by atoms with van der Waals surface area (Å²) in [5, 5.41) is 2.92. The van der Waals surface area contributed by atoms with Crippen LogP contribution in [0.4, 0.5) is 4.39 Å². The highest BCUT2D eigenvalue weighted by atomic mass is 19.1. The van der Waals surface area contributed by atoms with Crippen molar-refractivity contribution in [2.45, 2.75) is 51.2 Å². The molecule has 0 spiro atoms. The summed E-state index contributed by atoms with van der Waals surface area (Å²) in [6.45, 7) is 1.56. The van der Waals surface area contributed by atoms with Crippen molar-refractivity contribution < 1.29 is 18.7 Å². The lowest BCUT2D eigenvalue weighted by molar-refractivity contribution is -0.150. The summed E-state index contributed by atoms with van der Waals surface area (Å²) in [6.07, 6.45) is 7.35. The molecular weight excluding hydrogens is 297 g/mol. The Morgan fingerprint density at radius 1 is 1.22 bits per heavy atom. The van der Waals surface area contributed by atoms with Gasteiger partial charge in [0.1, 0.15) is 5.82 Å². The van der Waals surface area contributed by atoms with Gasteiger partial charge in [0, 0.05) is 12.1 Å². The molecule has 1 fully saturated rings. The number of carbonyl (C=O) groups is 2. The van der Waals surface area contributed by atoms with Crippen LogP contribution in [0.25, 0.3) is 6.08 Å². The van der Waals surface area contributed by atoms with Crippen LogP contribution in [0.5, 0.6) is 0 Å². The fourth-order valence-electron chi connectivity index (χ4n) is 2.57. The molecule has 0 bridgehead atoms. The molecule has 23 heavy (non-hydrogen) atoms. The Morgan fingerprint density at radius 2 is 1.87 bits per heavy atom. The summed E-state index contributed by atoms with van der Waals surface area (Å²) < 4.78 is 17.9. The van der Waals surface area contributed by atoms with E-state index >= 15 is 0 Å². The molecule has 1 atom stereocenters. The van der Waals surface area contributed by atoms with Crippen molar-refractivity contribution in [3.05, 3.63) is 41.7 Å². The number of amides is 1. The summed E-state index contributed by atoms with van der Waals surface area (Å²) in [4.78, 5) is 23.7. The summed E-state index contributed by atoms with van der Waals surface area (Å²) in [7, 11) is 0. The van der Waals surface area contributed by atoms with Gasteiger partial charge in [-0.1, -0.05) is 31.4 Å². The van der Waals surface area contributed by atoms with Crippen LogP contribution in [-0.2, 0) is 14.3 Å². The van der Waals surface area contributed by atoms with Crippen molar-refractivity contribution >= 4 is 18.0 Å². The van der Waals surface area contributed by atoms with Gasteiger partial charge in [-0.25, -0.2) is 9.18 Å². The van der Waals surface area contributed by atoms with Crippen molar-refractivity contribution in [2.24, 2.45) is 0 Å². The zero-order valence-electron chi connectivity index (χ0n) is 13.3. The first-order chi connectivity index (χ1) is 11.0. The molecule has 1 unspecified atom stereocenters. The maximum Gasteiger partial charge on any atom is 0.331 e. The first-order valence-electron chi connectivity index (χ1n) is 7.99. The Hall–Kier alpha value is -2.17. The molecule has 1 aromatic rings. The van der Waals surface area contributed by atoms with Crippen molar-refractivity contribution in [3.63, 3.8) is 0 Å². The average Bonchev–Trinajstić information content (AvgIpc) is 2.55. The Morgan fingerprint density at radius 3 is 2.52 bits per heavy atom. The van der Waals surface area contributed by atoms with Crippen molar-refractivity contribution in [3.8, 4) is 0 Å². The molecule has 1 amide bonds. The lowest BCUT2D eigenvalue weighted by atomic mass is 9.95. The molecule has 1 N–H and O–H groups in total. The molecule has 1 aromatic carbocycles. The summed E-state index contributed by atoms with van der Waals surface area (Å²) in [5.74, 6) is -1.20. The van der Waals surface area contributed by atoms with Crippen molar-refractivity contribution in [1.82, 2.24) is 5.32 Å². The van der Waals surface area contributed by atoms with Gasteiger partial charge in [0.15, 0.2) is 6.10 Å². The van der Waals surface area contributed by atoms with E-state index in [1.807, 2.05) is 0 Å². The predicted octanol–water partition coefficient (Wildman–Crippen LogP) is 3.22. The second-order valence-electron chi connectivity index (χ2n) is 5.81. The third-order valence-electron chi connectivity index (χ3n) is 3.90. The zero-order valence-corrected chi connectivity index (χ0v) is 13.3. The number of hydrogen-bond acceptors (Lipinski definition) is 3. The SMILES string of the molecule is CC(OC(=O)/C=C/c1ccc(F)cc1)C(=O)NC1CCCCC1. The van der Waals surface area contributed by atoms with Gasteiger partial charge < -0.3 is 10.1 Å². The highest BCUT2D eigenvalue weighted by Gasteiger charge is 2.21. The van der Waals surface area contributed by atoms with Crippen LogP contribution in [0.15, 0.2) is 30.3 Å². The van der Waals surface area contributed by atoms with Crippen LogP contribution in [0.2, 0.25) is 0 Å². The number of benzene rings is 1. The molecule has 1 saturated carbocycles. The molecule has 124 valence electrons. The van der Waals surface area contributed by atoms with Crippen LogP contribution in [0.1, 0.15) is 44.6 Å². The summed E-state index contributed by atoms with van der Waals surface area (Å²) >= 11 is 0. The molecule has 0 aliphatic heterocycles. The third kappa shape index (κ3) is 5.85. The Bertz CT molecular complexity index is 562. The fourth-order valence-corrected chi connectivity index (χ4v) is 2.57. The van der Waals surface area contributed by atoms with Gasteiger partial charge in [-0.3, -0.25) is 4.79 Å². The average molecular weight is 319 g/mol. The molecular formula is C18H22FNO3. The summed E-state index contributed by atoms with van der Waals surface area (Å²) in [5.41, 5.74) is 0.683. The minimum Gasteiger partial charge on any atom is -0.449 e. The van der Waals surface area contributed by atoms with Crippen LogP contribution in [-0.4, -0.2) is 24.0 Å². The molecule has 5 heteroatoms. The lowest BCUT2D eigenvalue weighted by Crippen LogP contribution is -2.42. The van der Waals surface area contributed by atoms with E-state index in [0.717, 1.165) is 25.7 Å². The van der Waals surface area contributed by atoms with Crippen LogP contribution < -0.4 is 5.32 Å². The highest BCUT2D eigenvalue weighted by Crippen LogP contribution is 2.17. The number of esters is 1. The molecule has 0 radical (unpaired) electrons. The van der Waals surface area contributed by atoms with E-state index in [9.17, 15) is 14.0 Å². The lowest BCUT2D eigenvalue weighted by Gasteiger charge is -2.24. The van der Waals surface area contributed by atoms with E-state index in [4.69, 9.17) is 4.74 Å². The monoisotopic (exact) mass is 319 g/mol. The number of nitrogens with one attached hydrogen (secondary N) is 1. The Kier molecular flexibility index (Phi) is 6.32. The van der Waals surface area contributed by atoms with E-state index in [0.29, 0.717) is 5.56 Å². The largest absolute Gasteiger partial charge is 0.449 e. The van der Waals surface area contributed by atoms with Crippen LogP contribution in [0, 0.1) is 5.82 Å². The third-order valence-corrected chi connectivity index (χ3v) is 3.90. The Labute approximate surface area is 135 Å². The van der Waals surface area contributed by atoms with Crippen LogP contribution in [0.3, 0.4) is 0 Å². The fraction of sp³-hybridized carbons (Fsp3) is 0.444. The maximum atomic E-state index is 12.8. The highest BCUT2D eigenvalue weighted by molar-refractivity contribution is 5.90.